The Kier molecular flexibility index (Phi) is 4.56. The van der Waals surface area contributed by atoms with Crippen LogP contribution in [0.2, 0.25) is 0 Å². The zero-order valence-electron chi connectivity index (χ0n) is 11.8. The van der Waals surface area contributed by atoms with E-state index in [2.05, 4.69) is 15.1 Å². The lowest BCUT2D eigenvalue weighted by atomic mass is 10.2. The average molecular weight is 299 g/mol. The molecule has 0 aliphatic rings. The molecule has 0 aliphatic carbocycles. The van der Waals surface area contributed by atoms with E-state index in [9.17, 15) is 13.2 Å². The molecule has 0 radical (unpaired) electrons. The Morgan fingerprint density at radius 1 is 1.19 bits per heavy atom. The Morgan fingerprint density at radius 2 is 1.86 bits per heavy atom. The van der Waals surface area contributed by atoms with Gasteiger partial charge in [0, 0.05) is 18.9 Å². The van der Waals surface area contributed by atoms with Gasteiger partial charge >= 0.3 is 6.18 Å². The topological polar surface area (TPSA) is 46.8 Å². The lowest BCUT2D eigenvalue weighted by Crippen LogP contribution is -2.24. The summed E-state index contributed by atoms with van der Waals surface area (Å²) in [6, 6.07) is 3.73. The van der Waals surface area contributed by atoms with E-state index < -0.39 is 12.7 Å². The number of rotatable bonds is 5. The number of aromatic nitrogens is 4. The van der Waals surface area contributed by atoms with Crippen LogP contribution in [-0.2, 0) is 19.6 Å². The van der Waals surface area contributed by atoms with Gasteiger partial charge in [-0.2, -0.15) is 18.3 Å². The lowest BCUT2D eigenvalue weighted by Gasteiger charge is -2.17. The molecular weight excluding hydrogens is 283 g/mol. The molecule has 0 aromatic carbocycles. The van der Waals surface area contributed by atoms with Crippen molar-refractivity contribution in [3.05, 3.63) is 41.7 Å². The number of hydrogen-bond donors (Lipinski definition) is 0. The van der Waals surface area contributed by atoms with Gasteiger partial charge in [-0.25, -0.2) is 9.67 Å². The summed E-state index contributed by atoms with van der Waals surface area (Å²) in [6.45, 7) is 1.35. The van der Waals surface area contributed by atoms with Crippen LogP contribution >= 0.6 is 0 Å². The number of nitrogens with zero attached hydrogens (tertiary/aromatic N) is 5. The summed E-state index contributed by atoms with van der Waals surface area (Å²) < 4.78 is 38.4. The molecule has 0 saturated carbocycles. The molecule has 0 bridgehead atoms. The van der Waals surface area contributed by atoms with Gasteiger partial charge in [-0.3, -0.25) is 9.88 Å². The number of hydrogen-bond acceptors (Lipinski definition) is 4. The molecule has 21 heavy (non-hydrogen) atoms. The van der Waals surface area contributed by atoms with Crippen LogP contribution in [0, 0.1) is 6.92 Å². The number of aryl methyl sites for hydroxylation is 1. The first kappa shape index (κ1) is 15.4. The molecule has 0 amide bonds. The van der Waals surface area contributed by atoms with Crippen molar-refractivity contribution in [2.45, 2.75) is 32.7 Å². The number of halogens is 3. The highest BCUT2D eigenvalue weighted by Crippen LogP contribution is 2.18. The molecular formula is C13H16F3N5. The van der Waals surface area contributed by atoms with Gasteiger partial charge in [-0.15, -0.1) is 0 Å². The molecule has 0 spiro atoms. The van der Waals surface area contributed by atoms with Crippen LogP contribution in [0.4, 0.5) is 13.2 Å². The lowest BCUT2D eigenvalue weighted by molar-refractivity contribution is -0.143. The minimum atomic E-state index is -4.31. The van der Waals surface area contributed by atoms with Gasteiger partial charge in [0.05, 0.1) is 6.54 Å². The summed E-state index contributed by atoms with van der Waals surface area (Å²) in [6.07, 6.45) is -0.947. The van der Waals surface area contributed by atoms with Crippen molar-refractivity contribution in [1.82, 2.24) is 24.6 Å². The van der Waals surface area contributed by atoms with E-state index in [0.717, 1.165) is 10.2 Å². The van der Waals surface area contributed by atoms with E-state index in [4.69, 9.17) is 0 Å². The second kappa shape index (κ2) is 6.21. The van der Waals surface area contributed by atoms with Gasteiger partial charge in [-0.1, -0.05) is 0 Å². The maximum absolute atomic E-state index is 12.5. The molecule has 114 valence electrons. The Hall–Kier alpha value is -1.96. The van der Waals surface area contributed by atoms with Crippen molar-refractivity contribution in [2.24, 2.45) is 0 Å². The molecule has 0 unspecified atom stereocenters. The molecule has 0 fully saturated rings. The normalized spacial score (nSPS) is 12.1. The highest BCUT2D eigenvalue weighted by atomic mass is 19.4. The molecule has 0 atom stereocenters. The molecule has 8 heteroatoms. The fraction of sp³-hybridized carbons (Fsp3) is 0.462. The van der Waals surface area contributed by atoms with Crippen LogP contribution in [-0.4, -0.2) is 37.9 Å². The second-order valence-electron chi connectivity index (χ2n) is 4.88. The summed E-state index contributed by atoms with van der Waals surface area (Å²) in [7, 11) is 1.82. The standard InChI is InChI=1S/C13H16F3N5/c1-10-18-12(21(19-10)9-13(14,15)16)8-20(2)7-11-3-5-17-6-4-11/h3-6H,7-9H2,1-2H3. The van der Waals surface area contributed by atoms with Gasteiger partial charge < -0.3 is 0 Å². The second-order valence-corrected chi connectivity index (χ2v) is 4.88. The van der Waals surface area contributed by atoms with Gasteiger partial charge in [0.15, 0.2) is 0 Å². The van der Waals surface area contributed by atoms with Crippen molar-refractivity contribution in [1.29, 1.82) is 0 Å². The maximum atomic E-state index is 12.5. The quantitative estimate of drug-likeness (QED) is 0.849. The molecule has 0 N–H and O–H groups in total. The van der Waals surface area contributed by atoms with Gasteiger partial charge in [-0.05, 0) is 31.7 Å². The Bertz CT molecular complexity index is 579. The van der Waals surface area contributed by atoms with Gasteiger partial charge in [0.1, 0.15) is 18.2 Å². The van der Waals surface area contributed by atoms with Crippen molar-refractivity contribution in [3.63, 3.8) is 0 Å². The Labute approximate surface area is 120 Å². The minimum Gasteiger partial charge on any atom is -0.295 e. The third-order valence-corrected chi connectivity index (χ3v) is 2.80. The van der Waals surface area contributed by atoms with Crippen molar-refractivity contribution < 1.29 is 13.2 Å². The molecule has 5 nitrogen and oxygen atoms in total. The molecule has 2 aromatic rings. The van der Waals surface area contributed by atoms with Crippen LogP contribution in [0.1, 0.15) is 17.2 Å². The first-order valence-corrected chi connectivity index (χ1v) is 6.38. The van der Waals surface area contributed by atoms with Crippen molar-refractivity contribution in [3.8, 4) is 0 Å². The maximum Gasteiger partial charge on any atom is 0.408 e. The van der Waals surface area contributed by atoms with E-state index in [1.54, 1.807) is 19.3 Å². The fourth-order valence-corrected chi connectivity index (χ4v) is 2.01. The number of alkyl halides is 3. The van der Waals surface area contributed by atoms with E-state index in [-0.39, 0.29) is 0 Å². The smallest absolute Gasteiger partial charge is 0.295 e. The Morgan fingerprint density at radius 3 is 2.48 bits per heavy atom. The zero-order valence-corrected chi connectivity index (χ0v) is 11.8. The van der Waals surface area contributed by atoms with Gasteiger partial charge in [0.2, 0.25) is 0 Å². The van der Waals surface area contributed by atoms with Crippen LogP contribution < -0.4 is 0 Å². The molecule has 0 aliphatic heterocycles. The largest absolute Gasteiger partial charge is 0.408 e. The highest BCUT2D eigenvalue weighted by Gasteiger charge is 2.30. The van der Waals surface area contributed by atoms with Crippen molar-refractivity contribution in [2.75, 3.05) is 7.05 Å². The van der Waals surface area contributed by atoms with Crippen LogP contribution in [0.5, 0.6) is 0 Å². The summed E-state index contributed by atoms with van der Waals surface area (Å²) in [4.78, 5) is 9.88. The summed E-state index contributed by atoms with van der Waals surface area (Å²) in [5.74, 6) is 0.646. The summed E-state index contributed by atoms with van der Waals surface area (Å²) in [5, 5.41) is 3.80. The highest BCUT2D eigenvalue weighted by molar-refractivity contribution is 5.09. The summed E-state index contributed by atoms with van der Waals surface area (Å²) in [5.41, 5.74) is 1.03. The predicted octanol–water partition coefficient (Wildman–Crippen LogP) is 2.18. The first-order chi connectivity index (χ1) is 9.83. The van der Waals surface area contributed by atoms with E-state index >= 15 is 0 Å². The molecule has 2 heterocycles. The van der Waals surface area contributed by atoms with E-state index in [0.29, 0.717) is 24.7 Å². The average Bonchev–Trinajstić information content (AvgIpc) is 2.68. The van der Waals surface area contributed by atoms with Gasteiger partial charge in [0.25, 0.3) is 0 Å². The monoisotopic (exact) mass is 299 g/mol. The SMILES string of the molecule is Cc1nc(CN(C)Cc2ccncc2)n(CC(F)(F)F)n1. The first-order valence-electron chi connectivity index (χ1n) is 6.38. The third-order valence-electron chi connectivity index (χ3n) is 2.80. The van der Waals surface area contributed by atoms with E-state index in [1.165, 1.54) is 0 Å². The number of pyridine rings is 1. The zero-order chi connectivity index (χ0) is 15.5. The predicted molar refractivity (Wildman–Crippen MR) is 70.2 cm³/mol. The van der Waals surface area contributed by atoms with Crippen LogP contribution in [0.25, 0.3) is 0 Å². The Balaban J connectivity index is 2.05. The molecule has 0 saturated heterocycles. The van der Waals surface area contributed by atoms with E-state index in [1.807, 2.05) is 24.1 Å². The third kappa shape index (κ3) is 4.82. The minimum absolute atomic E-state index is 0.291. The summed E-state index contributed by atoms with van der Waals surface area (Å²) >= 11 is 0. The van der Waals surface area contributed by atoms with Crippen molar-refractivity contribution >= 4 is 0 Å². The molecule has 2 rings (SSSR count). The fourth-order valence-electron chi connectivity index (χ4n) is 2.01. The molecule has 2 aromatic heterocycles. The van der Waals surface area contributed by atoms with Crippen LogP contribution in [0.3, 0.4) is 0 Å². The van der Waals surface area contributed by atoms with Crippen LogP contribution in [0.15, 0.2) is 24.5 Å².